The Morgan fingerprint density at radius 2 is 1.81 bits per heavy atom. The molecule has 26 heavy (non-hydrogen) atoms. The molecule has 0 saturated carbocycles. The summed E-state index contributed by atoms with van der Waals surface area (Å²) in [6.45, 7) is 6.33. The van der Waals surface area contributed by atoms with E-state index in [0.717, 1.165) is 43.0 Å². The first-order valence-electron chi connectivity index (χ1n) is 9.22. The van der Waals surface area contributed by atoms with Gasteiger partial charge in [0.05, 0.1) is 7.11 Å². The first-order chi connectivity index (χ1) is 12.6. The van der Waals surface area contributed by atoms with Gasteiger partial charge in [-0.1, -0.05) is 24.6 Å². The second-order valence-corrected chi connectivity index (χ2v) is 7.10. The highest BCUT2D eigenvalue weighted by Gasteiger charge is 2.22. The molecule has 0 radical (unpaired) electrons. The zero-order valence-corrected chi connectivity index (χ0v) is 15.8. The van der Waals surface area contributed by atoms with Crippen molar-refractivity contribution in [1.82, 2.24) is 4.90 Å². The van der Waals surface area contributed by atoms with Crippen LogP contribution >= 0.6 is 0 Å². The minimum Gasteiger partial charge on any atom is -0.496 e. The number of nitrogens with zero attached hydrogens (tertiary/aromatic N) is 1. The van der Waals surface area contributed by atoms with Crippen LogP contribution in [0.25, 0.3) is 0 Å². The lowest BCUT2D eigenvalue weighted by atomic mass is 9.98. The van der Waals surface area contributed by atoms with Gasteiger partial charge in [-0.05, 0) is 56.0 Å². The van der Waals surface area contributed by atoms with Gasteiger partial charge in [0.15, 0.2) is 0 Å². The number of hydrogen-bond donors (Lipinski definition) is 0. The molecule has 0 aliphatic carbocycles. The Kier molecular flexibility index (Phi) is 5.82. The fourth-order valence-electron chi connectivity index (χ4n) is 3.21. The monoisotopic (exact) mass is 353 g/mol. The van der Waals surface area contributed by atoms with Gasteiger partial charge in [-0.3, -0.25) is 4.79 Å². The number of carbonyl (C=O) groups excluding carboxylic acids is 1. The molecule has 1 aliphatic rings. The Morgan fingerprint density at radius 1 is 1.12 bits per heavy atom. The molecule has 0 aromatic heterocycles. The molecular weight excluding hydrogens is 326 g/mol. The van der Waals surface area contributed by atoms with Crippen LogP contribution in [0.15, 0.2) is 42.5 Å². The summed E-state index contributed by atoms with van der Waals surface area (Å²) >= 11 is 0. The van der Waals surface area contributed by atoms with Gasteiger partial charge >= 0.3 is 0 Å². The van der Waals surface area contributed by atoms with Crippen molar-refractivity contribution < 1.29 is 14.3 Å². The lowest BCUT2D eigenvalue weighted by Crippen LogP contribution is -2.37. The summed E-state index contributed by atoms with van der Waals surface area (Å²) in [5.41, 5.74) is 2.77. The van der Waals surface area contributed by atoms with Gasteiger partial charge in [-0.2, -0.15) is 0 Å². The fraction of sp³-hybridized carbons (Fsp3) is 0.409. The maximum absolute atomic E-state index is 12.8. The number of rotatable bonds is 5. The second-order valence-electron chi connectivity index (χ2n) is 7.10. The smallest absolute Gasteiger partial charge is 0.253 e. The standard InChI is InChI=1S/C22H27NO3/c1-16-4-7-20(8-5-16)26-15-19-14-18(6-9-21(19)25-3)22(24)23-12-10-17(2)11-13-23/h4-9,14,17H,10-13,15H2,1-3H3. The van der Waals surface area contributed by atoms with E-state index in [4.69, 9.17) is 9.47 Å². The predicted molar refractivity (Wildman–Crippen MR) is 103 cm³/mol. The quantitative estimate of drug-likeness (QED) is 0.797. The highest BCUT2D eigenvalue weighted by molar-refractivity contribution is 5.94. The van der Waals surface area contributed by atoms with Crippen LogP contribution < -0.4 is 9.47 Å². The van der Waals surface area contributed by atoms with Crippen LogP contribution in [0.3, 0.4) is 0 Å². The summed E-state index contributed by atoms with van der Waals surface area (Å²) < 4.78 is 11.3. The normalized spacial score (nSPS) is 15.0. The molecule has 1 aliphatic heterocycles. The van der Waals surface area contributed by atoms with Crippen LogP contribution in [-0.2, 0) is 6.61 Å². The minimum atomic E-state index is 0.0936. The summed E-state index contributed by atoms with van der Waals surface area (Å²) in [6.07, 6.45) is 2.15. The molecule has 1 amide bonds. The molecule has 1 fully saturated rings. The van der Waals surface area contributed by atoms with Crippen LogP contribution in [0, 0.1) is 12.8 Å². The van der Waals surface area contributed by atoms with E-state index in [1.54, 1.807) is 7.11 Å². The second kappa shape index (κ2) is 8.26. The zero-order valence-electron chi connectivity index (χ0n) is 15.8. The summed E-state index contributed by atoms with van der Waals surface area (Å²) in [4.78, 5) is 14.8. The summed E-state index contributed by atoms with van der Waals surface area (Å²) in [6, 6.07) is 13.5. The third-order valence-corrected chi connectivity index (χ3v) is 5.01. The maximum Gasteiger partial charge on any atom is 0.253 e. The molecule has 4 nitrogen and oxygen atoms in total. The van der Waals surface area contributed by atoms with Crippen LogP contribution in [0.1, 0.15) is 41.3 Å². The van der Waals surface area contributed by atoms with Crippen LogP contribution in [0.5, 0.6) is 11.5 Å². The maximum atomic E-state index is 12.8. The third-order valence-electron chi connectivity index (χ3n) is 5.01. The first-order valence-corrected chi connectivity index (χ1v) is 9.22. The zero-order chi connectivity index (χ0) is 18.5. The molecule has 0 spiro atoms. The van der Waals surface area contributed by atoms with E-state index in [0.29, 0.717) is 18.1 Å². The largest absolute Gasteiger partial charge is 0.496 e. The minimum absolute atomic E-state index is 0.0936. The molecule has 0 unspecified atom stereocenters. The number of hydrogen-bond acceptors (Lipinski definition) is 3. The highest BCUT2D eigenvalue weighted by atomic mass is 16.5. The van der Waals surface area contributed by atoms with Gasteiger partial charge in [0.2, 0.25) is 0 Å². The summed E-state index contributed by atoms with van der Waals surface area (Å²) in [5, 5.41) is 0. The van der Waals surface area contributed by atoms with Gasteiger partial charge in [-0.15, -0.1) is 0 Å². The fourth-order valence-corrected chi connectivity index (χ4v) is 3.21. The van der Waals surface area contributed by atoms with Gasteiger partial charge in [0.1, 0.15) is 18.1 Å². The Morgan fingerprint density at radius 3 is 2.46 bits per heavy atom. The SMILES string of the molecule is COc1ccc(C(=O)N2CCC(C)CC2)cc1COc1ccc(C)cc1. The van der Waals surface area contributed by atoms with Crippen molar-refractivity contribution in [2.75, 3.05) is 20.2 Å². The highest BCUT2D eigenvalue weighted by Crippen LogP contribution is 2.24. The Labute approximate surface area is 155 Å². The number of methoxy groups -OCH3 is 1. The van der Waals surface area contributed by atoms with Crippen molar-refractivity contribution in [2.45, 2.75) is 33.3 Å². The molecule has 0 N–H and O–H groups in total. The topological polar surface area (TPSA) is 38.8 Å². The van der Waals surface area contributed by atoms with Crippen molar-refractivity contribution in [3.63, 3.8) is 0 Å². The Bertz CT molecular complexity index is 746. The summed E-state index contributed by atoms with van der Waals surface area (Å²) in [5.74, 6) is 2.34. The van der Waals surface area contributed by atoms with E-state index < -0.39 is 0 Å². The Balaban J connectivity index is 1.73. The molecule has 0 bridgehead atoms. The molecule has 3 rings (SSSR count). The number of ether oxygens (including phenoxy) is 2. The number of benzene rings is 2. The average molecular weight is 353 g/mol. The molecule has 2 aromatic carbocycles. The lowest BCUT2D eigenvalue weighted by molar-refractivity contribution is 0.0697. The van der Waals surface area contributed by atoms with Gasteiger partial charge in [-0.25, -0.2) is 0 Å². The molecule has 1 saturated heterocycles. The van der Waals surface area contributed by atoms with E-state index in [-0.39, 0.29) is 5.91 Å². The van der Waals surface area contributed by atoms with Gasteiger partial charge in [0, 0.05) is 24.2 Å². The van der Waals surface area contributed by atoms with E-state index in [1.807, 2.05) is 54.3 Å². The summed E-state index contributed by atoms with van der Waals surface area (Å²) in [7, 11) is 1.64. The number of aryl methyl sites for hydroxylation is 1. The van der Waals surface area contributed by atoms with E-state index >= 15 is 0 Å². The van der Waals surface area contributed by atoms with Crippen LogP contribution in [-0.4, -0.2) is 31.0 Å². The molecule has 0 atom stereocenters. The Hall–Kier alpha value is -2.49. The van der Waals surface area contributed by atoms with Crippen molar-refractivity contribution in [3.05, 3.63) is 59.2 Å². The predicted octanol–water partition coefficient (Wildman–Crippen LogP) is 4.45. The number of likely N-dealkylation sites (tertiary alicyclic amines) is 1. The number of carbonyl (C=O) groups is 1. The van der Waals surface area contributed by atoms with Crippen molar-refractivity contribution >= 4 is 5.91 Å². The van der Waals surface area contributed by atoms with Crippen molar-refractivity contribution in [2.24, 2.45) is 5.92 Å². The van der Waals surface area contributed by atoms with Gasteiger partial charge < -0.3 is 14.4 Å². The van der Waals surface area contributed by atoms with Crippen molar-refractivity contribution in [3.8, 4) is 11.5 Å². The molecule has 1 heterocycles. The molecule has 2 aromatic rings. The molecular formula is C22H27NO3. The number of piperidine rings is 1. The molecule has 138 valence electrons. The van der Waals surface area contributed by atoms with Gasteiger partial charge in [0.25, 0.3) is 5.91 Å². The third kappa shape index (κ3) is 4.37. The number of amides is 1. The van der Waals surface area contributed by atoms with Crippen molar-refractivity contribution in [1.29, 1.82) is 0 Å². The average Bonchev–Trinajstić information content (AvgIpc) is 2.67. The van der Waals surface area contributed by atoms with E-state index in [2.05, 4.69) is 6.92 Å². The molecule has 4 heteroatoms. The van der Waals surface area contributed by atoms with Crippen LogP contribution in [0.4, 0.5) is 0 Å². The van der Waals surface area contributed by atoms with Crippen LogP contribution in [0.2, 0.25) is 0 Å². The lowest BCUT2D eigenvalue weighted by Gasteiger charge is -2.30. The van der Waals surface area contributed by atoms with E-state index in [9.17, 15) is 4.79 Å². The van der Waals surface area contributed by atoms with E-state index in [1.165, 1.54) is 5.56 Å². The first kappa shape index (κ1) is 18.3.